The molecule has 176 valence electrons. The Morgan fingerprint density at radius 1 is 0.533 bits per heavy atom. The summed E-state index contributed by atoms with van der Waals surface area (Å²) in [5.74, 6) is 8.36. The molecule has 0 N–H and O–H groups in total. The van der Waals surface area contributed by atoms with E-state index in [-0.39, 0.29) is 0 Å². The lowest BCUT2D eigenvalue weighted by Crippen LogP contribution is -1.99. The third kappa shape index (κ3) is 22.2. The molecule has 0 spiro atoms. The maximum Gasteiger partial charge on any atom is 0.00886 e. The number of hydrogen-bond donors (Lipinski definition) is 0. The molecule has 0 aromatic heterocycles. The van der Waals surface area contributed by atoms with Crippen molar-refractivity contribution in [3.63, 3.8) is 0 Å². The van der Waals surface area contributed by atoms with Crippen LogP contribution in [0.25, 0.3) is 0 Å². The van der Waals surface area contributed by atoms with Crippen molar-refractivity contribution in [3.05, 3.63) is 13.8 Å². The maximum atomic E-state index is 3.98. The molecule has 0 fully saturated rings. The van der Waals surface area contributed by atoms with E-state index in [2.05, 4.69) is 39.5 Å². The van der Waals surface area contributed by atoms with Gasteiger partial charge in [-0.3, -0.25) is 0 Å². The Morgan fingerprint density at radius 3 is 1.53 bits per heavy atom. The van der Waals surface area contributed by atoms with Crippen LogP contribution < -0.4 is 0 Å². The molecule has 2 atom stereocenters. The van der Waals surface area contributed by atoms with Crippen LogP contribution in [0.4, 0.5) is 0 Å². The standard InChI is InChI=1S/C30H56/c1-5-8-10-11-12-13-14-15-16-17-19-22-25-29(4)26-23-20-18-21-24-28-30(7-3)27-9-6-2/h29-30H,1-2,5-9,12-28H2,3-4H3. The average molecular weight is 417 g/mol. The molecule has 0 aromatic rings. The molecule has 0 saturated carbocycles. The van der Waals surface area contributed by atoms with Crippen LogP contribution >= 0.6 is 0 Å². The minimum atomic E-state index is 0.939. The van der Waals surface area contributed by atoms with Crippen molar-refractivity contribution < 1.29 is 0 Å². The SMILES string of the molecule is [CH2]CCC#CCCCCCCCCCC(C)CCCCCCCC(CC)CCC[CH2]. The van der Waals surface area contributed by atoms with Gasteiger partial charge in [0.15, 0.2) is 0 Å². The van der Waals surface area contributed by atoms with Gasteiger partial charge in [0.2, 0.25) is 0 Å². The molecule has 2 unspecified atom stereocenters. The van der Waals surface area contributed by atoms with Crippen molar-refractivity contribution in [1.29, 1.82) is 0 Å². The summed E-state index contributed by atoms with van der Waals surface area (Å²) in [6, 6.07) is 0. The Bertz CT molecular complexity index is 371. The number of unbranched alkanes of at least 4 members (excludes halogenated alkanes) is 13. The summed E-state index contributed by atoms with van der Waals surface area (Å²) in [7, 11) is 0. The van der Waals surface area contributed by atoms with Crippen LogP contribution in [0.1, 0.15) is 155 Å². The minimum absolute atomic E-state index is 0.939. The van der Waals surface area contributed by atoms with Crippen LogP contribution in [0.3, 0.4) is 0 Å². The fraction of sp³-hybridized carbons (Fsp3) is 0.867. The van der Waals surface area contributed by atoms with Crippen molar-refractivity contribution >= 4 is 0 Å². The monoisotopic (exact) mass is 416 g/mol. The van der Waals surface area contributed by atoms with Crippen LogP contribution in [0, 0.1) is 37.5 Å². The predicted octanol–water partition coefficient (Wildman–Crippen LogP) is 10.5. The van der Waals surface area contributed by atoms with Gasteiger partial charge in [0.25, 0.3) is 0 Å². The molecule has 2 radical (unpaired) electrons. The third-order valence-electron chi connectivity index (χ3n) is 6.67. The molecular weight excluding hydrogens is 360 g/mol. The van der Waals surface area contributed by atoms with E-state index in [0.717, 1.165) is 37.5 Å². The molecule has 0 nitrogen and oxygen atoms in total. The van der Waals surface area contributed by atoms with Crippen LogP contribution in [0.15, 0.2) is 0 Å². The largest absolute Gasteiger partial charge is 0.103 e. The van der Waals surface area contributed by atoms with Gasteiger partial charge in [-0.25, -0.2) is 0 Å². The molecule has 30 heavy (non-hydrogen) atoms. The van der Waals surface area contributed by atoms with E-state index in [0.29, 0.717) is 0 Å². The van der Waals surface area contributed by atoms with Gasteiger partial charge in [0.1, 0.15) is 0 Å². The number of rotatable bonds is 22. The highest BCUT2D eigenvalue weighted by Gasteiger charge is 2.06. The van der Waals surface area contributed by atoms with Gasteiger partial charge in [0, 0.05) is 12.8 Å². The van der Waals surface area contributed by atoms with Crippen LogP contribution in [0.5, 0.6) is 0 Å². The molecular formula is C30H56. The van der Waals surface area contributed by atoms with Gasteiger partial charge >= 0.3 is 0 Å². The van der Waals surface area contributed by atoms with Gasteiger partial charge in [0.05, 0.1) is 0 Å². The van der Waals surface area contributed by atoms with Crippen molar-refractivity contribution in [1.82, 2.24) is 0 Å². The van der Waals surface area contributed by atoms with E-state index in [1.165, 1.54) is 116 Å². The minimum Gasteiger partial charge on any atom is -0.103 e. The first-order chi connectivity index (χ1) is 14.7. The van der Waals surface area contributed by atoms with E-state index in [4.69, 9.17) is 0 Å². The first-order valence-corrected chi connectivity index (χ1v) is 13.8. The first kappa shape index (κ1) is 29.6. The van der Waals surface area contributed by atoms with Gasteiger partial charge in [-0.1, -0.05) is 143 Å². The summed E-state index contributed by atoms with van der Waals surface area (Å²) >= 11 is 0. The van der Waals surface area contributed by atoms with Gasteiger partial charge in [-0.15, -0.1) is 11.8 Å². The van der Waals surface area contributed by atoms with Crippen molar-refractivity contribution in [2.24, 2.45) is 11.8 Å². The maximum absolute atomic E-state index is 3.98. The molecule has 0 aromatic carbocycles. The molecule has 0 heterocycles. The topological polar surface area (TPSA) is 0 Å². The molecule has 0 aliphatic rings. The lowest BCUT2D eigenvalue weighted by molar-refractivity contribution is 0.397. The summed E-state index contributed by atoms with van der Waals surface area (Å²) in [4.78, 5) is 0. The van der Waals surface area contributed by atoms with E-state index in [1.807, 2.05) is 0 Å². The summed E-state index contributed by atoms with van der Waals surface area (Å²) in [6.45, 7) is 12.6. The highest BCUT2D eigenvalue weighted by Crippen LogP contribution is 2.22. The Kier molecular flexibility index (Phi) is 24.5. The molecule has 0 amide bonds. The van der Waals surface area contributed by atoms with Crippen molar-refractivity contribution in [2.75, 3.05) is 0 Å². The Morgan fingerprint density at radius 2 is 1.00 bits per heavy atom. The van der Waals surface area contributed by atoms with E-state index in [9.17, 15) is 0 Å². The second kappa shape index (κ2) is 24.8. The normalized spacial score (nSPS) is 13.1. The highest BCUT2D eigenvalue weighted by molar-refractivity contribution is 4.98. The van der Waals surface area contributed by atoms with E-state index >= 15 is 0 Å². The zero-order valence-electron chi connectivity index (χ0n) is 21.1. The summed E-state index contributed by atoms with van der Waals surface area (Å²) in [5, 5.41) is 0. The summed E-state index contributed by atoms with van der Waals surface area (Å²) in [6.07, 6.45) is 29.7. The molecule has 0 bridgehead atoms. The highest BCUT2D eigenvalue weighted by atomic mass is 14.1. The van der Waals surface area contributed by atoms with Gasteiger partial charge < -0.3 is 0 Å². The summed E-state index contributed by atoms with van der Waals surface area (Å²) in [5.41, 5.74) is 0. The molecule has 0 saturated heterocycles. The molecule has 0 aliphatic carbocycles. The van der Waals surface area contributed by atoms with Crippen LogP contribution in [-0.2, 0) is 0 Å². The lowest BCUT2D eigenvalue weighted by Gasteiger charge is -2.14. The zero-order chi connectivity index (χ0) is 22.1. The second-order valence-corrected chi connectivity index (χ2v) is 9.69. The van der Waals surface area contributed by atoms with Crippen molar-refractivity contribution in [3.8, 4) is 11.8 Å². The van der Waals surface area contributed by atoms with E-state index < -0.39 is 0 Å². The van der Waals surface area contributed by atoms with Crippen LogP contribution in [0.2, 0.25) is 0 Å². The molecule has 0 aliphatic heterocycles. The van der Waals surface area contributed by atoms with Gasteiger partial charge in [-0.05, 0) is 24.7 Å². The Hall–Kier alpha value is -0.440. The fourth-order valence-electron chi connectivity index (χ4n) is 4.44. The first-order valence-electron chi connectivity index (χ1n) is 13.8. The van der Waals surface area contributed by atoms with E-state index in [1.54, 1.807) is 0 Å². The van der Waals surface area contributed by atoms with Crippen LogP contribution in [-0.4, -0.2) is 0 Å². The average Bonchev–Trinajstić information content (AvgIpc) is 2.75. The third-order valence-corrected chi connectivity index (χ3v) is 6.67. The molecule has 0 rings (SSSR count). The second-order valence-electron chi connectivity index (χ2n) is 9.69. The predicted molar refractivity (Wildman–Crippen MR) is 138 cm³/mol. The molecule has 0 heteroatoms. The Labute approximate surface area is 192 Å². The fourth-order valence-corrected chi connectivity index (χ4v) is 4.44. The smallest absolute Gasteiger partial charge is 0.00886 e. The Balaban J connectivity index is 3.31. The summed E-state index contributed by atoms with van der Waals surface area (Å²) < 4.78 is 0. The zero-order valence-corrected chi connectivity index (χ0v) is 21.1. The lowest BCUT2D eigenvalue weighted by atomic mass is 9.92. The number of hydrogen-bond acceptors (Lipinski definition) is 0. The quantitative estimate of drug-likeness (QED) is 0.122. The van der Waals surface area contributed by atoms with Gasteiger partial charge in [-0.2, -0.15) is 0 Å². The van der Waals surface area contributed by atoms with Crippen molar-refractivity contribution in [2.45, 2.75) is 155 Å².